The van der Waals surface area contributed by atoms with Gasteiger partial charge in [-0.25, -0.2) is 0 Å². The zero-order valence-corrected chi connectivity index (χ0v) is 9.99. The minimum Gasteiger partial charge on any atom is -0.350 e. The van der Waals surface area contributed by atoms with Crippen LogP contribution in [0.15, 0.2) is 24.3 Å². The highest BCUT2D eigenvalue weighted by Gasteiger charge is 2.06. The Morgan fingerprint density at radius 3 is 2.29 bits per heavy atom. The number of benzene rings is 1. The lowest BCUT2D eigenvalue weighted by Crippen LogP contribution is -2.30. The molecule has 0 saturated heterocycles. The predicted molar refractivity (Wildman–Crippen MR) is 66.7 cm³/mol. The molecule has 1 rings (SSSR count). The third kappa shape index (κ3) is 4.24. The van der Waals surface area contributed by atoms with Gasteiger partial charge < -0.3 is 16.4 Å². The molecular formula is C12H17N3O2. The predicted octanol–water partition coefficient (Wildman–Crippen LogP) is 0.722. The van der Waals surface area contributed by atoms with E-state index in [0.717, 1.165) is 0 Å². The summed E-state index contributed by atoms with van der Waals surface area (Å²) in [6.45, 7) is 3.73. The van der Waals surface area contributed by atoms with Crippen molar-refractivity contribution in [3.8, 4) is 0 Å². The number of rotatable bonds is 4. The first-order chi connectivity index (χ1) is 8.02. The Kier molecular flexibility index (Phi) is 4.66. The second-order valence-electron chi connectivity index (χ2n) is 3.96. The molecule has 4 N–H and O–H groups in total. The highest BCUT2D eigenvalue weighted by Crippen LogP contribution is 2.09. The van der Waals surface area contributed by atoms with E-state index in [1.807, 2.05) is 13.8 Å². The monoisotopic (exact) mass is 235 g/mol. The van der Waals surface area contributed by atoms with E-state index in [9.17, 15) is 9.59 Å². The molecule has 0 aliphatic heterocycles. The minimum atomic E-state index is -0.260. The molecule has 0 spiro atoms. The standard InChI is InChI=1S/C12H17N3O2/c1-8(2)14-12(17)9-3-5-10(6-4-9)15-11(16)7-13/h3-6,8H,7,13H2,1-2H3,(H,14,17)(H,15,16). The maximum Gasteiger partial charge on any atom is 0.251 e. The van der Waals surface area contributed by atoms with Crippen LogP contribution in [-0.2, 0) is 4.79 Å². The molecule has 0 unspecified atom stereocenters. The van der Waals surface area contributed by atoms with Gasteiger partial charge in [0.1, 0.15) is 0 Å². The van der Waals surface area contributed by atoms with Crippen LogP contribution in [-0.4, -0.2) is 24.4 Å². The van der Waals surface area contributed by atoms with Crippen molar-refractivity contribution in [2.45, 2.75) is 19.9 Å². The second-order valence-corrected chi connectivity index (χ2v) is 3.96. The van der Waals surface area contributed by atoms with Gasteiger partial charge in [-0.15, -0.1) is 0 Å². The van der Waals surface area contributed by atoms with Gasteiger partial charge in [-0.2, -0.15) is 0 Å². The van der Waals surface area contributed by atoms with E-state index in [0.29, 0.717) is 11.3 Å². The average Bonchev–Trinajstić information content (AvgIpc) is 2.28. The van der Waals surface area contributed by atoms with Gasteiger partial charge in [0.05, 0.1) is 6.54 Å². The summed E-state index contributed by atoms with van der Waals surface area (Å²) < 4.78 is 0. The summed E-state index contributed by atoms with van der Waals surface area (Å²) in [5.41, 5.74) is 6.36. The first-order valence-electron chi connectivity index (χ1n) is 5.43. The van der Waals surface area contributed by atoms with Gasteiger partial charge in [0.2, 0.25) is 5.91 Å². The summed E-state index contributed by atoms with van der Waals surface area (Å²) in [6.07, 6.45) is 0. The van der Waals surface area contributed by atoms with Crippen LogP contribution < -0.4 is 16.4 Å². The van der Waals surface area contributed by atoms with E-state index >= 15 is 0 Å². The third-order valence-electron chi connectivity index (χ3n) is 2.04. The number of amides is 2. The first kappa shape index (κ1) is 13.2. The van der Waals surface area contributed by atoms with Crippen molar-refractivity contribution in [3.05, 3.63) is 29.8 Å². The van der Waals surface area contributed by atoms with E-state index < -0.39 is 0 Å². The van der Waals surface area contributed by atoms with Gasteiger partial charge in [-0.3, -0.25) is 9.59 Å². The lowest BCUT2D eigenvalue weighted by Gasteiger charge is -2.09. The van der Waals surface area contributed by atoms with E-state index in [-0.39, 0.29) is 24.4 Å². The zero-order valence-electron chi connectivity index (χ0n) is 9.99. The molecule has 1 aromatic carbocycles. The van der Waals surface area contributed by atoms with Crippen LogP contribution in [0.25, 0.3) is 0 Å². The fourth-order valence-corrected chi connectivity index (χ4v) is 1.26. The largest absolute Gasteiger partial charge is 0.350 e. The van der Waals surface area contributed by atoms with Crippen molar-refractivity contribution in [3.63, 3.8) is 0 Å². The van der Waals surface area contributed by atoms with Crippen molar-refractivity contribution < 1.29 is 9.59 Å². The second kappa shape index (κ2) is 6.00. The van der Waals surface area contributed by atoms with Crippen LogP contribution in [0, 0.1) is 0 Å². The highest BCUT2D eigenvalue weighted by atomic mass is 16.2. The van der Waals surface area contributed by atoms with Gasteiger partial charge >= 0.3 is 0 Å². The molecule has 0 atom stereocenters. The van der Waals surface area contributed by atoms with Crippen LogP contribution in [0.3, 0.4) is 0 Å². The van der Waals surface area contributed by atoms with Crippen LogP contribution in [0.4, 0.5) is 5.69 Å². The molecule has 0 heterocycles. The van der Waals surface area contributed by atoms with Gasteiger partial charge in [0, 0.05) is 17.3 Å². The summed E-state index contributed by atoms with van der Waals surface area (Å²) in [7, 11) is 0. The third-order valence-corrected chi connectivity index (χ3v) is 2.04. The van der Waals surface area contributed by atoms with Crippen LogP contribution in [0.5, 0.6) is 0 Å². The molecule has 1 aromatic rings. The number of carbonyl (C=O) groups excluding carboxylic acids is 2. The summed E-state index contributed by atoms with van der Waals surface area (Å²) in [5, 5.41) is 5.39. The minimum absolute atomic E-state index is 0.0599. The number of nitrogens with one attached hydrogen (secondary N) is 2. The van der Waals surface area contributed by atoms with Crippen molar-refractivity contribution in [1.82, 2.24) is 5.32 Å². The molecule has 5 nitrogen and oxygen atoms in total. The van der Waals surface area contributed by atoms with Crippen LogP contribution in [0.1, 0.15) is 24.2 Å². The Hall–Kier alpha value is -1.88. The van der Waals surface area contributed by atoms with E-state index in [1.54, 1.807) is 24.3 Å². The Balaban J connectivity index is 2.67. The Morgan fingerprint density at radius 1 is 1.24 bits per heavy atom. The zero-order chi connectivity index (χ0) is 12.8. The van der Waals surface area contributed by atoms with Crippen LogP contribution >= 0.6 is 0 Å². The van der Waals surface area contributed by atoms with Crippen LogP contribution in [0.2, 0.25) is 0 Å². The van der Waals surface area contributed by atoms with E-state index in [1.165, 1.54) is 0 Å². The first-order valence-corrected chi connectivity index (χ1v) is 5.43. The Morgan fingerprint density at radius 2 is 1.82 bits per heavy atom. The molecule has 0 aliphatic rings. The normalized spacial score (nSPS) is 10.1. The molecule has 0 saturated carbocycles. The number of hydrogen-bond acceptors (Lipinski definition) is 3. The highest BCUT2D eigenvalue weighted by molar-refractivity contribution is 5.96. The maximum atomic E-state index is 11.6. The summed E-state index contributed by atoms with van der Waals surface area (Å²) in [6, 6.07) is 6.75. The number of anilines is 1. The molecule has 17 heavy (non-hydrogen) atoms. The topological polar surface area (TPSA) is 84.2 Å². The molecule has 92 valence electrons. The van der Waals surface area contributed by atoms with Crippen molar-refractivity contribution in [2.24, 2.45) is 5.73 Å². The number of nitrogens with two attached hydrogens (primary N) is 1. The lowest BCUT2D eigenvalue weighted by atomic mass is 10.2. The summed E-state index contributed by atoms with van der Waals surface area (Å²) in [4.78, 5) is 22.7. The molecule has 0 aliphatic carbocycles. The SMILES string of the molecule is CC(C)NC(=O)c1ccc(NC(=O)CN)cc1. The number of hydrogen-bond donors (Lipinski definition) is 3. The van der Waals surface area contributed by atoms with E-state index in [4.69, 9.17) is 5.73 Å². The Bertz CT molecular complexity index is 399. The molecule has 0 aromatic heterocycles. The van der Waals surface area contributed by atoms with Crippen molar-refractivity contribution in [2.75, 3.05) is 11.9 Å². The van der Waals surface area contributed by atoms with Gasteiger partial charge in [-0.05, 0) is 38.1 Å². The lowest BCUT2D eigenvalue weighted by molar-refractivity contribution is -0.114. The molecule has 2 amide bonds. The quantitative estimate of drug-likeness (QED) is 0.719. The molecular weight excluding hydrogens is 218 g/mol. The summed E-state index contributed by atoms with van der Waals surface area (Å²) in [5.74, 6) is -0.388. The van der Waals surface area contributed by atoms with Gasteiger partial charge in [0.25, 0.3) is 5.91 Å². The fourth-order valence-electron chi connectivity index (χ4n) is 1.26. The fraction of sp³-hybridized carbons (Fsp3) is 0.333. The average molecular weight is 235 g/mol. The van der Waals surface area contributed by atoms with E-state index in [2.05, 4.69) is 10.6 Å². The number of carbonyl (C=O) groups is 2. The van der Waals surface area contributed by atoms with Gasteiger partial charge in [0.15, 0.2) is 0 Å². The maximum absolute atomic E-state index is 11.6. The van der Waals surface area contributed by atoms with Crippen molar-refractivity contribution >= 4 is 17.5 Å². The Labute approximate surface area is 100 Å². The molecule has 0 bridgehead atoms. The molecule has 0 radical (unpaired) electrons. The van der Waals surface area contributed by atoms with Crippen molar-refractivity contribution in [1.29, 1.82) is 0 Å². The summed E-state index contributed by atoms with van der Waals surface area (Å²) >= 11 is 0. The smallest absolute Gasteiger partial charge is 0.251 e. The molecule has 5 heteroatoms. The molecule has 0 fully saturated rings. The van der Waals surface area contributed by atoms with Gasteiger partial charge in [-0.1, -0.05) is 0 Å².